The maximum Gasteiger partial charge on any atom is 0.270 e. The van der Waals surface area contributed by atoms with E-state index in [9.17, 15) is 4.79 Å². The van der Waals surface area contributed by atoms with E-state index in [-0.39, 0.29) is 5.91 Å². The van der Waals surface area contributed by atoms with Gasteiger partial charge in [-0.2, -0.15) is 0 Å². The predicted octanol–water partition coefficient (Wildman–Crippen LogP) is 1.46. The molecule has 0 bridgehead atoms. The van der Waals surface area contributed by atoms with E-state index >= 15 is 0 Å². The molecular weight excluding hydrogens is 206 g/mol. The number of nitrogen functional groups attached to an aromatic ring is 1. The lowest BCUT2D eigenvalue weighted by molar-refractivity contribution is 0.0770. The number of amides is 1. The van der Waals surface area contributed by atoms with Crippen molar-refractivity contribution in [2.45, 2.75) is 6.54 Å². The average Bonchev–Trinajstić information content (AvgIpc) is 2.88. The van der Waals surface area contributed by atoms with Gasteiger partial charge in [0.15, 0.2) is 0 Å². The molecule has 0 atom stereocenters. The maximum absolute atomic E-state index is 11.9. The van der Waals surface area contributed by atoms with E-state index in [2.05, 4.69) is 4.98 Å². The standard InChI is InChI=1S/C11H13N3O2/c1-14(7-9-3-2-4-16-9)11(15)10-5-8(12)6-13-10/h2-6,13H,7,12H2,1H3. The first kappa shape index (κ1) is 10.4. The lowest BCUT2D eigenvalue weighted by atomic mass is 10.3. The molecule has 2 aromatic heterocycles. The van der Waals surface area contributed by atoms with Gasteiger partial charge in [0.1, 0.15) is 11.5 Å². The van der Waals surface area contributed by atoms with Gasteiger partial charge in [0, 0.05) is 18.9 Å². The molecule has 0 fully saturated rings. The Balaban J connectivity index is 2.05. The van der Waals surface area contributed by atoms with Gasteiger partial charge in [-0.25, -0.2) is 0 Å². The topological polar surface area (TPSA) is 75.3 Å². The molecule has 0 saturated carbocycles. The van der Waals surface area contributed by atoms with E-state index in [1.807, 2.05) is 6.07 Å². The Bertz CT molecular complexity index is 473. The fourth-order valence-corrected chi connectivity index (χ4v) is 1.45. The summed E-state index contributed by atoms with van der Waals surface area (Å²) in [5.74, 6) is 0.628. The van der Waals surface area contributed by atoms with Crippen molar-refractivity contribution in [1.82, 2.24) is 9.88 Å². The van der Waals surface area contributed by atoms with E-state index < -0.39 is 0 Å². The van der Waals surface area contributed by atoms with Gasteiger partial charge in [-0.15, -0.1) is 0 Å². The number of hydrogen-bond donors (Lipinski definition) is 2. The minimum Gasteiger partial charge on any atom is -0.467 e. The smallest absolute Gasteiger partial charge is 0.270 e. The summed E-state index contributed by atoms with van der Waals surface area (Å²) in [6, 6.07) is 5.23. The molecule has 0 saturated heterocycles. The quantitative estimate of drug-likeness (QED) is 0.820. The second-order valence-electron chi connectivity index (χ2n) is 3.59. The van der Waals surface area contributed by atoms with Crippen molar-refractivity contribution in [1.29, 1.82) is 0 Å². The van der Waals surface area contributed by atoms with Gasteiger partial charge in [-0.1, -0.05) is 0 Å². The Labute approximate surface area is 92.8 Å². The van der Waals surface area contributed by atoms with Crippen molar-refractivity contribution < 1.29 is 9.21 Å². The van der Waals surface area contributed by atoms with Crippen LogP contribution in [-0.2, 0) is 6.54 Å². The van der Waals surface area contributed by atoms with Crippen molar-refractivity contribution in [3.63, 3.8) is 0 Å². The molecule has 0 aliphatic rings. The minimum atomic E-state index is -0.117. The molecular formula is C11H13N3O2. The van der Waals surface area contributed by atoms with E-state index in [4.69, 9.17) is 10.2 Å². The first-order valence-electron chi connectivity index (χ1n) is 4.88. The Hall–Kier alpha value is -2.17. The Kier molecular flexibility index (Phi) is 2.68. The molecule has 0 aliphatic carbocycles. The van der Waals surface area contributed by atoms with Crippen molar-refractivity contribution >= 4 is 11.6 Å². The SMILES string of the molecule is CN(Cc1ccco1)C(=O)c1cc(N)c[nH]1. The molecule has 2 rings (SSSR count). The van der Waals surface area contributed by atoms with Crippen molar-refractivity contribution in [3.05, 3.63) is 42.1 Å². The van der Waals surface area contributed by atoms with Crippen molar-refractivity contribution in [2.75, 3.05) is 12.8 Å². The molecule has 2 heterocycles. The lowest BCUT2D eigenvalue weighted by Gasteiger charge is -2.14. The highest BCUT2D eigenvalue weighted by Gasteiger charge is 2.14. The normalized spacial score (nSPS) is 10.3. The third kappa shape index (κ3) is 2.08. The van der Waals surface area contributed by atoms with Gasteiger partial charge in [0.05, 0.1) is 12.8 Å². The van der Waals surface area contributed by atoms with Crippen LogP contribution in [0.2, 0.25) is 0 Å². The number of carbonyl (C=O) groups excluding carboxylic acids is 1. The number of hydrogen-bond acceptors (Lipinski definition) is 3. The van der Waals surface area contributed by atoms with E-state index in [1.54, 1.807) is 36.5 Å². The summed E-state index contributed by atoms with van der Waals surface area (Å²) in [5, 5.41) is 0. The number of aromatic nitrogens is 1. The predicted molar refractivity (Wildman–Crippen MR) is 59.7 cm³/mol. The van der Waals surface area contributed by atoms with Crippen LogP contribution in [0.4, 0.5) is 5.69 Å². The number of anilines is 1. The molecule has 0 radical (unpaired) electrons. The highest BCUT2D eigenvalue weighted by atomic mass is 16.3. The fraction of sp³-hybridized carbons (Fsp3) is 0.182. The highest BCUT2D eigenvalue weighted by Crippen LogP contribution is 2.10. The fourth-order valence-electron chi connectivity index (χ4n) is 1.45. The summed E-state index contributed by atoms with van der Waals surface area (Å²) in [6.45, 7) is 0.435. The highest BCUT2D eigenvalue weighted by molar-refractivity contribution is 5.93. The molecule has 0 unspecified atom stereocenters. The zero-order valence-corrected chi connectivity index (χ0v) is 8.93. The molecule has 5 heteroatoms. The second kappa shape index (κ2) is 4.14. The zero-order chi connectivity index (χ0) is 11.5. The maximum atomic E-state index is 11.9. The molecule has 0 aliphatic heterocycles. The van der Waals surface area contributed by atoms with Crippen molar-refractivity contribution in [2.24, 2.45) is 0 Å². The van der Waals surface area contributed by atoms with Gasteiger partial charge >= 0.3 is 0 Å². The monoisotopic (exact) mass is 219 g/mol. The van der Waals surface area contributed by atoms with Crippen LogP contribution < -0.4 is 5.73 Å². The van der Waals surface area contributed by atoms with Crippen LogP contribution in [0, 0.1) is 0 Å². The van der Waals surface area contributed by atoms with Crippen LogP contribution >= 0.6 is 0 Å². The first-order chi connectivity index (χ1) is 7.66. The van der Waals surface area contributed by atoms with E-state index in [1.165, 1.54) is 0 Å². The number of furan rings is 1. The van der Waals surface area contributed by atoms with Crippen LogP contribution in [0.25, 0.3) is 0 Å². The number of rotatable bonds is 3. The lowest BCUT2D eigenvalue weighted by Crippen LogP contribution is -2.26. The summed E-state index contributed by atoms with van der Waals surface area (Å²) >= 11 is 0. The van der Waals surface area contributed by atoms with E-state index in [0.717, 1.165) is 5.76 Å². The molecule has 84 valence electrons. The molecule has 1 amide bonds. The Morgan fingerprint density at radius 1 is 1.62 bits per heavy atom. The van der Waals surface area contributed by atoms with Gasteiger partial charge < -0.3 is 20.0 Å². The summed E-state index contributed by atoms with van der Waals surface area (Å²) in [7, 11) is 1.71. The van der Waals surface area contributed by atoms with Crippen LogP contribution in [0.3, 0.4) is 0 Å². The number of nitrogens with one attached hydrogen (secondary N) is 1. The van der Waals surface area contributed by atoms with Crippen LogP contribution in [0.5, 0.6) is 0 Å². The number of nitrogens with zero attached hydrogens (tertiary/aromatic N) is 1. The third-order valence-corrected chi connectivity index (χ3v) is 2.26. The number of H-pyrrole nitrogens is 1. The molecule has 0 aromatic carbocycles. The molecule has 2 aromatic rings. The van der Waals surface area contributed by atoms with Gasteiger partial charge in [0.2, 0.25) is 0 Å². The molecule has 16 heavy (non-hydrogen) atoms. The Morgan fingerprint density at radius 2 is 2.44 bits per heavy atom. The third-order valence-electron chi connectivity index (χ3n) is 2.26. The number of carbonyl (C=O) groups is 1. The van der Waals surface area contributed by atoms with Crippen LogP contribution in [0.1, 0.15) is 16.2 Å². The van der Waals surface area contributed by atoms with Gasteiger partial charge in [-0.05, 0) is 18.2 Å². The largest absolute Gasteiger partial charge is 0.467 e. The van der Waals surface area contributed by atoms with Crippen LogP contribution in [-0.4, -0.2) is 22.8 Å². The summed E-state index contributed by atoms with van der Waals surface area (Å²) in [4.78, 5) is 16.3. The minimum absolute atomic E-state index is 0.117. The first-order valence-corrected chi connectivity index (χ1v) is 4.88. The van der Waals surface area contributed by atoms with E-state index in [0.29, 0.717) is 17.9 Å². The van der Waals surface area contributed by atoms with Gasteiger partial charge in [-0.3, -0.25) is 4.79 Å². The Morgan fingerprint density at radius 3 is 3.00 bits per heavy atom. The summed E-state index contributed by atoms with van der Waals surface area (Å²) in [5.41, 5.74) is 6.56. The number of nitrogens with two attached hydrogens (primary N) is 1. The molecule has 5 nitrogen and oxygen atoms in total. The summed E-state index contributed by atoms with van der Waals surface area (Å²) < 4.78 is 5.17. The zero-order valence-electron chi connectivity index (χ0n) is 8.93. The van der Waals surface area contributed by atoms with Gasteiger partial charge in [0.25, 0.3) is 5.91 Å². The van der Waals surface area contributed by atoms with Crippen LogP contribution in [0.15, 0.2) is 35.1 Å². The molecule has 3 N–H and O–H groups in total. The number of aromatic amines is 1. The van der Waals surface area contributed by atoms with Crippen molar-refractivity contribution in [3.8, 4) is 0 Å². The second-order valence-corrected chi connectivity index (χ2v) is 3.59. The summed E-state index contributed by atoms with van der Waals surface area (Å²) in [6.07, 6.45) is 3.17. The average molecular weight is 219 g/mol. The molecule has 0 spiro atoms.